The van der Waals surface area contributed by atoms with E-state index in [2.05, 4.69) is 19.6 Å². The summed E-state index contributed by atoms with van der Waals surface area (Å²) in [6, 6.07) is 0. The van der Waals surface area contributed by atoms with E-state index in [0.29, 0.717) is 0 Å². The number of rotatable bonds is 8. The number of hydrogen-bond acceptors (Lipinski definition) is 2. The molecule has 0 aromatic heterocycles. The van der Waals surface area contributed by atoms with Gasteiger partial charge in [-0.1, -0.05) is 51.9 Å². The Hall–Kier alpha value is 0.310. The summed E-state index contributed by atoms with van der Waals surface area (Å²) < 4.78 is 0. The summed E-state index contributed by atoms with van der Waals surface area (Å²) in [7, 11) is 0. The first-order valence-electron chi connectivity index (χ1n) is 5.13. The first-order chi connectivity index (χ1) is 5.77. The third-order valence-electron chi connectivity index (χ3n) is 2.07. The minimum Gasteiger partial charge on any atom is -0.383 e. The molecule has 0 rings (SSSR count). The number of thiol groups is 1. The van der Waals surface area contributed by atoms with Crippen LogP contribution < -0.4 is 0 Å². The standard InChI is InChI=1S/C10H22OS/c1-2-3-4-5-6-7-8-9-10(11)12/h10-12H,2-9H2,1H3. The van der Waals surface area contributed by atoms with Crippen LogP contribution in [0.25, 0.3) is 0 Å². The molecule has 0 amide bonds. The zero-order valence-corrected chi connectivity index (χ0v) is 9.02. The van der Waals surface area contributed by atoms with E-state index >= 15 is 0 Å². The Morgan fingerprint density at radius 3 is 2.00 bits per heavy atom. The molecule has 12 heavy (non-hydrogen) atoms. The monoisotopic (exact) mass is 190 g/mol. The minimum atomic E-state index is -0.402. The molecule has 0 bridgehead atoms. The summed E-state index contributed by atoms with van der Waals surface area (Å²) in [5.74, 6) is 0. The van der Waals surface area contributed by atoms with E-state index in [1.54, 1.807) is 0 Å². The summed E-state index contributed by atoms with van der Waals surface area (Å²) >= 11 is 3.91. The number of aliphatic hydroxyl groups excluding tert-OH is 1. The molecule has 0 aromatic rings. The SMILES string of the molecule is CCCCCCCCCC(O)S. The normalized spacial score (nSPS) is 13.2. The summed E-state index contributed by atoms with van der Waals surface area (Å²) in [5, 5.41) is 8.86. The van der Waals surface area contributed by atoms with Gasteiger partial charge in [0.05, 0.1) is 5.44 Å². The molecule has 0 heterocycles. The molecular formula is C10H22OS. The lowest BCUT2D eigenvalue weighted by Crippen LogP contribution is -1.94. The number of aliphatic hydroxyl groups is 1. The maximum Gasteiger partial charge on any atom is 0.0964 e. The zero-order valence-electron chi connectivity index (χ0n) is 8.13. The molecule has 0 aliphatic heterocycles. The number of unbranched alkanes of at least 4 members (excludes halogenated alkanes) is 6. The molecule has 0 aromatic carbocycles. The van der Waals surface area contributed by atoms with E-state index < -0.39 is 5.44 Å². The van der Waals surface area contributed by atoms with Crippen LogP contribution in [-0.4, -0.2) is 10.5 Å². The fraction of sp³-hybridized carbons (Fsp3) is 1.00. The van der Waals surface area contributed by atoms with Crippen LogP contribution in [0.5, 0.6) is 0 Å². The molecule has 0 aliphatic carbocycles. The molecule has 1 N–H and O–H groups in total. The molecule has 1 nitrogen and oxygen atoms in total. The third-order valence-corrected chi connectivity index (χ3v) is 2.32. The second-order valence-electron chi connectivity index (χ2n) is 3.39. The highest BCUT2D eigenvalue weighted by molar-refractivity contribution is 7.80. The summed E-state index contributed by atoms with van der Waals surface area (Å²) in [5.41, 5.74) is -0.402. The summed E-state index contributed by atoms with van der Waals surface area (Å²) in [6.07, 6.45) is 9.95. The number of hydrogen-bond donors (Lipinski definition) is 2. The van der Waals surface area contributed by atoms with Gasteiger partial charge >= 0.3 is 0 Å². The first-order valence-corrected chi connectivity index (χ1v) is 5.65. The summed E-state index contributed by atoms with van der Waals surface area (Å²) in [4.78, 5) is 0. The molecule has 1 atom stereocenters. The van der Waals surface area contributed by atoms with E-state index in [-0.39, 0.29) is 0 Å². The molecule has 0 radical (unpaired) electrons. The van der Waals surface area contributed by atoms with E-state index in [1.807, 2.05) is 0 Å². The fourth-order valence-electron chi connectivity index (χ4n) is 1.28. The van der Waals surface area contributed by atoms with Gasteiger partial charge < -0.3 is 5.11 Å². The second kappa shape index (κ2) is 9.40. The smallest absolute Gasteiger partial charge is 0.0964 e. The minimum absolute atomic E-state index is 0.402. The molecule has 0 saturated heterocycles. The van der Waals surface area contributed by atoms with Crippen molar-refractivity contribution in [3.05, 3.63) is 0 Å². The molecule has 74 valence electrons. The lowest BCUT2D eigenvalue weighted by atomic mass is 10.1. The van der Waals surface area contributed by atoms with Crippen LogP contribution in [0.1, 0.15) is 58.3 Å². The Labute approximate surface area is 82.0 Å². The lowest BCUT2D eigenvalue weighted by Gasteiger charge is -2.02. The van der Waals surface area contributed by atoms with Crippen molar-refractivity contribution >= 4 is 12.6 Å². The highest BCUT2D eigenvalue weighted by Gasteiger charge is 1.95. The Bertz CT molecular complexity index is 83.9. The van der Waals surface area contributed by atoms with Gasteiger partial charge in [-0.15, -0.1) is 12.6 Å². The predicted octanol–water partition coefficient (Wildman–Crippen LogP) is 3.38. The van der Waals surface area contributed by atoms with Crippen molar-refractivity contribution in [1.29, 1.82) is 0 Å². The molecule has 0 aliphatic rings. The molecule has 0 fully saturated rings. The van der Waals surface area contributed by atoms with Gasteiger partial charge in [0.15, 0.2) is 0 Å². The van der Waals surface area contributed by atoms with Gasteiger partial charge in [0.1, 0.15) is 0 Å². The van der Waals surface area contributed by atoms with Crippen molar-refractivity contribution in [1.82, 2.24) is 0 Å². The molecule has 1 unspecified atom stereocenters. The van der Waals surface area contributed by atoms with Crippen LogP contribution in [-0.2, 0) is 0 Å². The van der Waals surface area contributed by atoms with Crippen molar-refractivity contribution in [2.75, 3.05) is 0 Å². The van der Waals surface area contributed by atoms with Crippen LogP contribution in [0.15, 0.2) is 0 Å². The van der Waals surface area contributed by atoms with Crippen molar-refractivity contribution < 1.29 is 5.11 Å². The van der Waals surface area contributed by atoms with Gasteiger partial charge in [-0.2, -0.15) is 0 Å². The van der Waals surface area contributed by atoms with Crippen LogP contribution >= 0.6 is 12.6 Å². The fourth-order valence-corrected chi connectivity index (χ4v) is 1.47. The van der Waals surface area contributed by atoms with E-state index in [9.17, 15) is 0 Å². The van der Waals surface area contributed by atoms with Gasteiger partial charge in [-0.3, -0.25) is 0 Å². The van der Waals surface area contributed by atoms with E-state index in [1.165, 1.54) is 38.5 Å². The highest BCUT2D eigenvalue weighted by Crippen LogP contribution is 2.10. The Kier molecular flexibility index (Phi) is 9.64. The highest BCUT2D eigenvalue weighted by atomic mass is 32.1. The Morgan fingerprint density at radius 2 is 1.50 bits per heavy atom. The summed E-state index contributed by atoms with van der Waals surface area (Å²) in [6.45, 7) is 2.23. The van der Waals surface area contributed by atoms with Crippen LogP contribution in [0.2, 0.25) is 0 Å². The molecular weight excluding hydrogens is 168 g/mol. The largest absolute Gasteiger partial charge is 0.383 e. The van der Waals surface area contributed by atoms with E-state index in [0.717, 1.165) is 12.8 Å². The zero-order chi connectivity index (χ0) is 9.23. The van der Waals surface area contributed by atoms with Crippen LogP contribution in [0.3, 0.4) is 0 Å². The maximum atomic E-state index is 8.86. The van der Waals surface area contributed by atoms with Gasteiger partial charge in [0, 0.05) is 0 Å². The van der Waals surface area contributed by atoms with Crippen molar-refractivity contribution in [3.63, 3.8) is 0 Å². The lowest BCUT2D eigenvalue weighted by molar-refractivity contribution is 0.249. The average molecular weight is 190 g/mol. The average Bonchev–Trinajstić information content (AvgIpc) is 2.02. The predicted molar refractivity (Wildman–Crippen MR) is 57.6 cm³/mol. The topological polar surface area (TPSA) is 20.2 Å². The van der Waals surface area contributed by atoms with Gasteiger partial charge in [-0.05, 0) is 6.42 Å². The Balaban J connectivity index is 2.82. The van der Waals surface area contributed by atoms with Crippen LogP contribution in [0.4, 0.5) is 0 Å². The van der Waals surface area contributed by atoms with Crippen LogP contribution in [0, 0.1) is 0 Å². The van der Waals surface area contributed by atoms with Crippen molar-refractivity contribution in [2.24, 2.45) is 0 Å². The molecule has 0 saturated carbocycles. The maximum absolute atomic E-state index is 8.86. The van der Waals surface area contributed by atoms with Crippen molar-refractivity contribution in [2.45, 2.75) is 63.7 Å². The third kappa shape index (κ3) is 10.3. The molecule has 2 heteroatoms. The quantitative estimate of drug-likeness (QED) is 0.341. The first kappa shape index (κ1) is 12.3. The van der Waals surface area contributed by atoms with Gasteiger partial charge in [0.2, 0.25) is 0 Å². The second-order valence-corrected chi connectivity index (χ2v) is 3.99. The van der Waals surface area contributed by atoms with Gasteiger partial charge in [0.25, 0.3) is 0 Å². The van der Waals surface area contributed by atoms with Gasteiger partial charge in [-0.25, -0.2) is 0 Å². The van der Waals surface area contributed by atoms with Crippen molar-refractivity contribution in [3.8, 4) is 0 Å². The van der Waals surface area contributed by atoms with E-state index in [4.69, 9.17) is 5.11 Å². The molecule has 0 spiro atoms. The Morgan fingerprint density at radius 1 is 1.00 bits per heavy atom.